The fourth-order valence-electron chi connectivity index (χ4n) is 2.69. The van der Waals surface area contributed by atoms with Crippen molar-refractivity contribution in [3.05, 3.63) is 53.7 Å². The smallest absolute Gasteiger partial charge is 0.225 e. The van der Waals surface area contributed by atoms with Gasteiger partial charge in [0, 0.05) is 19.2 Å². The number of hydrogen-bond donors (Lipinski definition) is 1. The summed E-state index contributed by atoms with van der Waals surface area (Å²) >= 11 is 0. The molecule has 1 N–H and O–H groups in total. The van der Waals surface area contributed by atoms with Gasteiger partial charge < -0.3 is 14.6 Å². The summed E-state index contributed by atoms with van der Waals surface area (Å²) in [5.41, 5.74) is 0.827. The van der Waals surface area contributed by atoms with Gasteiger partial charge in [-0.15, -0.1) is 0 Å². The number of rotatable bonds is 5. The number of furan rings is 1. The van der Waals surface area contributed by atoms with Gasteiger partial charge in [0.25, 0.3) is 0 Å². The lowest BCUT2D eigenvalue weighted by Gasteiger charge is -2.15. The highest BCUT2D eigenvalue weighted by molar-refractivity contribution is 5.89. The van der Waals surface area contributed by atoms with Crippen LogP contribution in [0, 0.1) is 12.8 Å². The highest BCUT2D eigenvalue weighted by Gasteiger charge is 2.34. The molecule has 0 aliphatic carbocycles. The van der Waals surface area contributed by atoms with Crippen molar-refractivity contribution in [3.8, 4) is 0 Å². The molecule has 0 spiro atoms. The Morgan fingerprint density at radius 2 is 2.26 bits per heavy atom. The van der Waals surface area contributed by atoms with E-state index in [1.165, 1.54) is 0 Å². The molecule has 1 aliphatic heterocycles. The van der Waals surface area contributed by atoms with Crippen molar-refractivity contribution in [1.29, 1.82) is 0 Å². The fourth-order valence-corrected chi connectivity index (χ4v) is 2.69. The maximum atomic E-state index is 12.2. The van der Waals surface area contributed by atoms with Gasteiger partial charge in [0.1, 0.15) is 11.5 Å². The van der Waals surface area contributed by atoms with Crippen molar-refractivity contribution >= 4 is 11.8 Å². The van der Waals surface area contributed by atoms with E-state index in [4.69, 9.17) is 4.42 Å². The number of pyridine rings is 1. The number of nitrogens with zero attached hydrogens (tertiary/aromatic N) is 2. The van der Waals surface area contributed by atoms with Crippen LogP contribution in [-0.2, 0) is 22.7 Å². The molecule has 0 aromatic carbocycles. The van der Waals surface area contributed by atoms with Crippen molar-refractivity contribution in [2.24, 2.45) is 5.92 Å². The van der Waals surface area contributed by atoms with E-state index < -0.39 is 0 Å². The molecule has 6 heteroatoms. The van der Waals surface area contributed by atoms with Crippen molar-refractivity contribution in [1.82, 2.24) is 15.2 Å². The number of carbonyl (C=O) groups excluding carboxylic acids is 2. The largest absolute Gasteiger partial charge is 0.465 e. The van der Waals surface area contributed by atoms with E-state index in [1.54, 1.807) is 11.1 Å². The van der Waals surface area contributed by atoms with Crippen LogP contribution in [0.2, 0.25) is 0 Å². The molecule has 1 atom stereocenters. The first-order valence-electron chi connectivity index (χ1n) is 7.62. The maximum absolute atomic E-state index is 12.2. The third-order valence-corrected chi connectivity index (χ3v) is 3.90. The number of amides is 2. The predicted molar refractivity (Wildman–Crippen MR) is 83.1 cm³/mol. The quantitative estimate of drug-likeness (QED) is 0.910. The Balaban J connectivity index is 1.53. The fraction of sp³-hybridized carbons (Fsp3) is 0.353. The minimum atomic E-state index is -0.317. The van der Waals surface area contributed by atoms with Crippen molar-refractivity contribution in [2.75, 3.05) is 6.54 Å². The van der Waals surface area contributed by atoms with Crippen LogP contribution in [0.4, 0.5) is 0 Å². The zero-order valence-electron chi connectivity index (χ0n) is 13.0. The maximum Gasteiger partial charge on any atom is 0.225 e. The van der Waals surface area contributed by atoms with Crippen LogP contribution in [0.15, 0.2) is 40.9 Å². The molecule has 6 nitrogen and oxygen atoms in total. The Bertz CT molecular complexity index is 696. The molecular weight excluding hydrogens is 294 g/mol. The summed E-state index contributed by atoms with van der Waals surface area (Å²) in [7, 11) is 0. The van der Waals surface area contributed by atoms with E-state index in [2.05, 4.69) is 10.3 Å². The van der Waals surface area contributed by atoms with Crippen LogP contribution < -0.4 is 5.32 Å². The summed E-state index contributed by atoms with van der Waals surface area (Å²) < 4.78 is 5.42. The molecule has 23 heavy (non-hydrogen) atoms. The van der Waals surface area contributed by atoms with Gasteiger partial charge in [0.05, 0.1) is 24.7 Å². The normalized spacial score (nSPS) is 17.5. The predicted octanol–water partition coefficient (Wildman–Crippen LogP) is 1.65. The second kappa shape index (κ2) is 6.64. The summed E-state index contributed by atoms with van der Waals surface area (Å²) in [5, 5.41) is 2.83. The van der Waals surface area contributed by atoms with Gasteiger partial charge >= 0.3 is 0 Å². The number of carbonyl (C=O) groups is 2. The van der Waals surface area contributed by atoms with Crippen LogP contribution in [-0.4, -0.2) is 28.2 Å². The summed E-state index contributed by atoms with van der Waals surface area (Å²) in [6, 6.07) is 9.29. The number of aryl methyl sites for hydroxylation is 1. The van der Waals surface area contributed by atoms with E-state index in [9.17, 15) is 9.59 Å². The Kier molecular flexibility index (Phi) is 4.41. The van der Waals surface area contributed by atoms with Crippen LogP contribution in [0.25, 0.3) is 0 Å². The molecule has 3 heterocycles. The van der Waals surface area contributed by atoms with E-state index in [0.717, 1.165) is 11.5 Å². The average molecular weight is 313 g/mol. The summed E-state index contributed by atoms with van der Waals surface area (Å²) in [6.45, 7) is 3.08. The van der Waals surface area contributed by atoms with E-state index in [-0.39, 0.29) is 24.2 Å². The standard InChI is InChI=1S/C17H19N3O3/c1-12-5-6-15(23-12)9-19-17(22)13-8-16(21)20(10-13)11-14-4-2-3-7-18-14/h2-7,13H,8-11H2,1H3,(H,19,22). The third-order valence-electron chi connectivity index (χ3n) is 3.90. The number of aromatic nitrogens is 1. The van der Waals surface area contributed by atoms with E-state index in [1.807, 2.05) is 37.3 Å². The monoisotopic (exact) mass is 313 g/mol. The number of nitrogens with one attached hydrogen (secondary N) is 1. The second-order valence-corrected chi connectivity index (χ2v) is 5.73. The molecule has 2 amide bonds. The Hall–Kier alpha value is -2.63. The topological polar surface area (TPSA) is 75.4 Å². The van der Waals surface area contributed by atoms with Gasteiger partial charge in [-0.25, -0.2) is 0 Å². The van der Waals surface area contributed by atoms with Gasteiger partial charge in [-0.1, -0.05) is 6.07 Å². The van der Waals surface area contributed by atoms with Crippen molar-refractivity contribution in [3.63, 3.8) is 0 Å². The molecule has 0 saturated carbocycles. The minimum absolute atomic E-state index is 0.00959. The van der Waals surface area contributed by atoms with Crippen LogP contribution in [0.5, 0.6) is 0 Å². The van der Waals surface area contributed by atoms with Gasteiger partial charge in [-0.3, -0.25) is 14.6 Å². The summed E-state index contributed by atoms with van der Waals surface area (Å²) in [6.07, 6.45) is 1.95. The zero-order chi connectivity index (χ0) is 16.2. The van der Waals surface area contributed by atoms with Gasteiger partial charge in [-0.05, 0) is 31.2 Å². The molecule has 2 aromatic rings. The van der Waals surface area contributed by atoms with Crippen LogP contribution in [0.1, 0.15) is 23.6 Å². The highest BCUT2D eigenvalue weighted by Crippen LogP contribution is 2.20. The second-order valence-electron chi connectivity index (χ2n) is 5.73. The average Bonchev–Trinajstić information content (AvgIpc) is 3.12. The zero-order valence-corrected chi connectivity index (χ0v) is 13.0. The lowest BCUT2D eigenvalue weighted by molar-refractivity contribution is -0.129. The molecule has 3 rings (SSSR count). The minimum Gasteiger partial charge on any atom is -0.465 e. The van der Waals surface area contributed by atoms with Gasteiger partial charge in [-0.2, -0.15) is 0 Å². The lowest BCUT2D eigenvalue weighted by Crippen LogP contribution is -2.32. The van der Waals surface area contributed by atoms with E-state index in [0.29, 0.717) is 25.4 Å². The number of hydrogen-bond acceptors (Lipinski definition) is 4. The Labute approximate surface area is 134 Å². The molecule has 2 aromatic heterocycles. The van der Waals surface area contributed by atoms with Gasteiger partial charge in [0.15, 0.2) is 0 Å². The first-order chi connectivity index (χ1) is 11.1. The molecule has 1 unspecified atom stereocenters. The first kappa shape index (κ1) is 15.3. The Morgan fingerprint density at radius 3 is 2.96 bits per heavy atom. The molecule has 1 saturated heterocycles. The molecule has 0 radical (unpaired) electrons. The summed E-state index contributed by atoms with van der Waals surface area (Å²) in [4.78, 5) is 30.2. The SMILES string of the molecule is Cc1ccc(CNC(=O)C2CC(=O)N(Cc3ccccn3)C2)o1. The van der Waals surface area contributed by atoms with Crippen molar-refractivity contribution < 1.29 is 14.0 Å². The molecule has 1 fully saturated rings. The molecule has 1 aliphatic rings. The van der Waals surface area contributed by atoms with Crippen LogP contribution >= 0.6 is 0 Å². The molecule has 0 bridgehead atoms. The molecular formula is C17H19N3O3. The third kappa shape index (κ3) is 3.77. The van der Waals surface area contributed by atoms with Crippen LogP contribution in [0.3, 0.4) is 0 Å². The first-order valence-corrected chi connectivity index (χ1v) is 7.62. The van der Waals surface area contributed by atoms with Gasteiger partial charge in [0.2, 0.25) is 11.8 Å². The van der Waals surface area contributed by atoms with Crippen molar-refractivity contribution in [2.45, 2.75) is 26.4 Å². The lowest BCUT2D eigenvalue weighted by atomic mass is 10.1. The summed E-state index contributed by atoms with van der Waals surface area (Å²) in [5.74, 6) is 1.08. The Morgan fingerprint density at radius 1 is 1.39 bits per heavy atom. The number of likely N-dealkylation sites (tertiary alicyclic amines) is 1. The molecule has 120 valence electrons. The highest BCUT2D eigenvalue weighted by atomic mass is 16.3. The van der Waals surface area contributed by atoms with E-state index >= 15 is 0 Å².